The van der Waals surface area contributed by atoms with Crippen LogP contribution in [0.1, 0.15) is 17.3 Å². The number of thioether (sulfide) groups is 1. The number of nitrogens with two attached hydrogens (primary N) is 1. The molecule has 0 saturated heterocycles. The Morgan fingerprint density at radius 2 is 2.20 bits per heavy atom. The van der Waals surface area contributed by atoms with Gasteiger partial charge in [0, 0.05) is 6.20 Å². The Kier molecular flexibility index (Phi) is 6.02. The zero-order valence-electron chi connectivity index (χ0n) is 10.4. The van der Waals surface area contributed by atoms with E-state index in [1.54, 1.807) is 6.92 Å². The minimum Gasteiger partial charge on any atom is -0.462 e. The quantitative estimate of drug-likeness (QED) is 0.282. The van der Waals surface area contributed by atoms with Crippen molar-refractivity contribution in [3.05, 3.63) is 11.8 Å². The summed E-state index contributed by atoms with van der Waals surface area (Å²) >= 11 is 0.832. The van der Waals surface area contributed by atoms with Crippen LogP contribution in [-0.4, -0.2) is 41.3 Å². The highest BCUT2D eigenvalue weighted by Gasteiger charge is 2.27. The third-order valence-electron chi connectivity index (χ3n) is 1.83. The van der Waals surface area contributed by atoms with Gasteiger partial charge < -0.3 is 15.2 Å². The van der Waals surface area contributed by atoms with E-state index in [-0.39, 0.29) is 29.1 Å². The first-order chi connectivity index (χ1) is 9.33. The van der Waals surface area contributed by atoms with Crippen molar-refractivity contribution in [1.29, 1.82) is 0 Å². The molecule has 0 amide bonds. The van der Waals surface area contributed by atoms with Crippen molar-refractivity contribution < 1.29 is 27.4 Å². The van der Waals surface area contributed by atoms with Crippen molar-refractivity contribution >= 4 is 23.5 Å². The molecule has 1 aromatic rings. The van der Waals surface area contributed by atoms with Crippen LogP contribution in [0.2, 0.25) is 0 Å². The van der Waals surface area contributed by atoms with Crippen molar-refractivity contribution in [2.24, 2.45) is 0 Å². The Morgan fingerprint density at radius 3 is 2.75 bits per heavy atom. The van der Waals surface area contributed by atoms with Gasteiger partial charge in [-0.1, -0.05) is 11.8 Å². The minimum absolute atomic E-state index is 0.00686. The molecule has 0 unspecified atom stereocenters. The van der Waals surface area contributed by atoms with E-state index in [9.17, 15) is 18.0 Å². The van der Waals surface area contributed by atoms with Crippen molar-refractivity contribution in [2.75, 3.05) is 24.9 Å². The lowest BCUT2D eigenvalue weighted by atomic mass is 10.3. The smallest absolute Gasteiger partial charge is 0.411 e. The molecular weight excluding hydrogens is 299 g/mol. The summed E-state index contributed by atoms with van der Waals surface area (Å²) < 4.78 is 44.6. The summed E-state index contributed by atoms with van der Waals surface area (Å²) in [5, 5.41) is 0.109. The number of aromatic nitrogens is 2. The molecule has 0 aliphatic heterocycles. The minimum atomic E-state index is -4.38. The van der Waals surface area contributed by atoms with E-state index >= 15 is 0 Å². The lowest BCUT2D eigenvalue weighted by Crippen LogP contribution is -2.16. The van der Waals surface area contributed by atoms with Gasteiger partial charge in [0.15, 0.2) is 5.16 Å². The summed E-state index contributed by atoms with van der Waals surface area (Å²) in [7, 11) is 0. The van der Waals surface area contributed by atoms with Crippen molar-refractivity contribution in [3.63, 3.8) is 0 Å². The first-order valence-corrected chi connectivity index (χ1v) is 6.39. The fraction of sp³-hybridized carbons (Fsp3) is 0.500. The van der Waals surface area contributed by atoms with E-state index < -0.39 is 18.8 Å². The molecule has 0 spiro atoms. The standard InChI is InChI=1S/C10H12F3N3O3S/c1-2-19-8(17)6-3-15-9(16-7(6)14)20-5-18-4-10(11,12)13/h3H,2,4-5H2,1H3,(H2,14,15,16). The Balaban J connectivity index is 2.53. The zero-order chi connectivity index (χ0) is 15.2. The molecule has 0 atom stereocenters. The van der Waals surface area contributed by atoms with Gasteiger partial charge in [0.25, 0.3) is 0 Å². The molecule has 0 aliphatic rings. The topological polar surface area (TPSA) is 87.3 Å². The lowest BCUT2D eigenvalue weighted by Gasteiger charge is -2.07. The average molecular weight is 311 g/mol. The third-order valence-corrected chi connectivity index (χ3v) is 2.57. The fourth-order valence-corrected chi connectivity index (χ4v) is 1.63. The van der Waals surface area contributed by atoms with Gasteiger partial charge in [0.05, 0.1) is 6.61 Å². The monoisotopic (exact) mass is 311 g/mol. The maximum Gasteiger partial charge on any atom is 0.411 e. The first-order valence-electron chi connectivity index (χ1n) is 5.40. The third kappa shape index (κ3) is 5.61. The van der Waals surface area contributed by atoms with Crippen LogP contribution in [0.15, 0.2) is 11.4 Å². The molecule has 0 aromatic carbocycles. The van der Waals surface area contributed by atoms with E-state index in [1.807, 2.05) is 0 Å². The Bertz CT molecular complexity index is 471. The van der Waals surface area contributed by atoms with Crippen LogP contribution in [0.25, 0.3) is 0 Å². The number of nitrogens with zero attached hydrogens (tertiary/aromatic N) is 2. The predicted octanol–water partition coefficient (Wildman–Crippen LogP) is 1.86. The zero-order valence-corrected chi connectivity index (χ0v) is 11.3. The number of halogens is 3. The SMILES string of the molecule is CCOC(=O)c1cnc(SCOCC(F)(F)F)nc1N. The number of rotatable bonds is 6. The molecule has 10 heteroatoms. The van der Waals surface area contributed by atoms with Crippen LogP contribution in [0.4, 0.5) is 19.0 Å². The first kappa shape index (κ1) is 16.5. The Labute approximate surface area is 116 Å². The van der Waals surface area contributed by atoms with Gasteiger partial charge in [-0.3, -0.25) is 0 Å². The summed E-state index contributed by atoms with van der Waals surface area (Å²) in [4.78, 5) is 19.0. The van der Waals surface area contributed by atoms with Gasteiger partial charge in [0.2, 0.25) is 0 Å². The maximum absolute atomic E-state index is 11.8. The molecule has 112 valence electrons. The molecule has 1 heterocycles. The van der Waals surface area contributed by atoms with Gasteiger partial charge in [0.1, 0.15) is 23.9 Å². The van der Waals surface area contributed by atoms with E-state index in [1.165, 1.54) is 0 Å². The number of esters is 1. The number of carbonyl (C=O) groups is 1. The van der Waals surface area contributed by atoms with Crippen LogP contribution >= 0.6 is 11.8 Å². The summed E-state index contributed by atoms with van der Waals surface area (Å²) in [5.41, 5.74) is 5.55. The largest absolute Gasteiger partial charge is 0.462 e. The molecule has 0 aliphatic carbocycles. The Morgan fingerprint density at radius 1 is 1.50 bits per heavy atom. The van der Waals surface area contributed by atoms with Gasteiger partial charge in [-0.15, -0.1) is 0 Å². The summed E-state index contributed by atoms with van der Waals surface area (Å²) in [6, 6.07) is 0. The molecule has 0 bridgehead atoms. The normalized spacial score (nSPS) is 11.4. The number of carbonyl (C=O) groups excluding carboxylic acids is 1. The van der Waals surface area contributed by atoms with Gasteiger partial charge in [-0.05, 0) is 6.92 Å². The molecule has 0 radical (unpaired) electrons. The number of nitrogen functional groups attached to an aromatic ring is 1. The molecule has 0 fully saturated rings. The molecule has 6 nitrogen and oxygen atoms in total. The van der Waals surface area contributed by atoms with Crippen molar-refractivity contribution in [3.8, 4) is 0 Å². The number of ether oxygens (including phenoxy) is 2. The summed E-state index contributed by atoms with van der Waals surface area (Å²) in [6.07, 6.45) is -3.22. The van der Waals surface area contributed by atoms with Crippen molar-refractivity contribution in [2.45, 2.75) is 18.3 Å². The van der Waals surface area contributed by atoms with E-state index in [4.69, 9.17) is 10.5 Å². The number of hydrogen-bond acceptors (Lipinski definition) is 7. The fourth-order valence-electron chi connectivity index (χ4n) is 1.07. The number of hydrogen-bond donors (Lipinski definition) is 1. The van der Waals surface area contributed by atoms with Crippen LogP contribution < -0.4 is 5.73 Å². The van der Waals surface area contributed by atoms with Gasteiger partial charge >= 0.3 is 12.1 Å². The molecule has 0 saturated carbocycles. The highest BCUT2D eigenvalue weighted by molar-refractivity contribution is 7.99. The predicted molar refractivity (Wildman–Crippen MR) is 65.1 cm³/mol. The highest BCUT2D eigenvalue weighted by Crippen LogP contribution is 2.19. The van der Waals surface area contributed by atoms with Crippen LogP contribution in [-0.2, 0) is 9.47 Å². The lowest BCUT2D eigenvalue weighted by molar-refractivity contribution is -0.168. The van der Waals surface area contributed by atoms with Gasteiger partial charge in [-0.2, -0.15) is 13.2 Å². The average Bonchev–Trinajstić information content (AvgIpc) is 2.34. The van der Waals surface area contributed by atoms with E-state index in [0.29, 0.717) is 0 Å². The summed E-state index contributed by atoms with van der Waals surface area (Å²) in [5.74, 6) is -1.04. The molecule has 1 aromatic heterocycles. The van der Waals surface area contributed by atoms with E-state index in [0.717, 1.165) is 18.0 Å². The second kappa shape index (κ2) is 7.29. The van der Waals surface area contributed by atoms with Crippen LogP contribution in [0.3, 0.4) is 0 Å². The summed E-state index contributed by atoms with van der Waals surface area (Å²) in [6.45, 7) is 0.466. The second-order valence-electron chi connectivity index (χ2n) is 3.40. The molecular formula is C10H12F3N3O3S. The van der Waals surface area contributed by atoms with Crippen LogP contribution in [0.5, 0.6) is 0 Å². The number of anilines is 1. The molecule has 20 heavy (non-hydrogen) atoms. The highest BCUT2D eigenvalue weighted by atomic mass is 32.2. The van der Waals surface area contributed by atoms with Gasteiger partial charge in [-0.25, -0.2) is 14.8 Å². The number of alkyl halides is 3. The molecule has 1 rings (SSSR count). The molecule has 2 N–H and O–H groups in total. The Hall–Kier alpha value is -1.55. The second-order valence-corrected chi connectivity index (χ2v) is 4.29. The van der Waals surface area contributed by atoms with Crippen LogP contribution in [0, 0.1) is 0 Å². The van der Waals surface area contributed by atoms with E-state index in [2.05, 4.69) is 14.7 Å². The maximum atomic E-state index is 11.8. The van der Waals surface area contributed by atoms with Crippen molar-refractivity contribution in [1.82, 2.24) is 9.97 Å².